The van der Waals surface area contributed by atoms with E-state index in [0.717, 1.165) is 32.2 Å². The van der Waals surface area contributed by atoms with Crippen molar-refractivity contribution in [3.05, 3.63) is 74.4 Å². The monoisotopic (exact) mass is 618 g/mol. The van der Waals surface area contributed by atoms with Crippen LogP contribution in [0.25, 0.3) is 11.1 Å². The average Bonchev–Trinajstić information content (AvgIpc) is 2.99. The van der Waals surface area contributed by atoms with E-state index in [1.807, 2.05) is 0 Å². The number of Topliss-reactive ketones (excluding diaryl/α,β-unsaturated/α-hetero) is 2. The minimum atomic E-state index is -2.50. The molecule has 232 valence electrons. The highest BCUT2D eigenvalue weighted by Gasteiger charge is 2.56. The first-order valence-electron chi connectivity index (χ1n) is 13.5. The van der Waals surface area contributed by atoms with Crippen LogP contribution in [0.15, 0.2) is 35.4 Å². The lowest BCUT2D eigenvalue weighted by molar-refractivity contribution is -0.158. The van der Waals surface area contributed by atoms with Crippen molar-refractivity contribution in [2.45, 2.75) is 37.8 Å². The zero-order chi connectivity index (χ0) is 33.0. The molecule has 3 aromatic carbocycles. The number of rotatable bonds is 3. The summed E-state index contributed by atoms with van der Waals surface area (Å²) in [4.78, 5) is 56.1. The van der Waals surface area contributed by atoms with Gasteiger partial charge in [-0.3, -0.25) is 19.2 Å². The first-order chi connectivity index (χ1) is 21.1. The fourth-order valence-corrected chi connectivity index (χ4v) is 6.37. The molecule has 45 heavy (non-hydrogen) atoms. The normalized spacial score (nSPS) is 23.8. The van der Waals surface area contributed by atoms with Gasteiger partial charge >= 0.3 is 0 Å². The Morgan fingerprint density at radius 1 is 0.622 bits per heavy atom. The van der Waals surface area contributed by atoms with Crippen LogP contribution in [-0.2, 0) is 0 Å². The Hall–Kier alpha value is -5.08. The molecule has 13 heteroatoms. The van der Waals surface area contributed by atoms with Gasteiger partial charge < -0.3 is 45.2 Å². The van der Waals surface area contributed by atoms with Gasteiger partial charge in [0.1, 0.15) is 52.7 Å². The molecule has 0 aromatic heterocycles. The molecule has 0 spiro atoms. The Bertz CT molecular complexity index is 1970. The van der Waals surface area contributed by atoms with Gasteiger partial charge in [0.05, 0.1) is 25.3 Å². The number of carbonyl (C=O) groups is 4. The topological polar surface area (TPSA) is 228 Å². The van der Waals surface area contributed by atoms with E-state index in [4.69, 9.17) is 9.47 Å². The molecule has 3 aliphatic rings. The van der Waals surface area contributed by atoms with E-state index in [-0.39, 0.29) is 45.1 Å². The number of phenolic OH excluding ortho intramolecular Hbond substituents is 3. The van der Waals surface area contributed by atoms with E-state index in [2.05, 4.69) is 0 Å². The lowest BCUT2D eigenvalue weighted by Gasteiger charge is -2.44. The maximum atomic E-state index is 14.3. The Balaban J connectivity index is 1.75. The Morgan fingerprint density at radius 2 is 1.07 bits per heavy atom. The third-order valence-corrected chi connectivity index (χ3v) is 8.76. The number of aliphatic hydroxyl groups excluding tert-OH is 3. The lowest BCUT2D eigenvalue weighted by Crippen LogP contribution is -2.61. The fourth-order valence-electron chi connectivity index (χ4n) is 6.37. The Kier molecular flexibility index (Phi) is 6.47. The zero-order valence-corrected chi connectivity index (χ0v) is 24.1. The molecule has 0 saturated carbocycles. The average molecular weight is 619 g/mol. The van der Waals surface area contributed by atoms with Crippen molar-refractivity contribution in [2.24, 2.45) is 0 Å². The summed E-state index contributed by atoms with van der Waals surface area (Å²) in [7, 11) is 2.32. The second kappa shape index (κ2) is 9.71. The summed E-state index contributed by atoms with van der Waals surface area (Å²) >= 11 is 0. The molecule has 7 N–H and O–H groups in total. The SMILES string of the molecule is COc1cc(O)c2c(c1-c1c(OC)cc(O)c3c1C(=O)c1cc(C)c(O)cc1C3=O)C(=O)C1=C(C2=O)[C@H](O)[C@@H](O)[C@@](C)(O)[C@H]1O. The number of benzene rings is 3. The molecule has 0 fully saturated rings. The second-order valence-electron chi connectivity index (χ2n) is 11.3. The van der Waals surface area contributed by atoms with Crippen LogP contribution in [0.5, 0.6) is 28.7 Å². The fraction of sp³-hybridized carbons (Fsp3) is 0.250. The van der Waals surface area contributed by atoms with Crippen molar-refractivity contribution in [2.75, 3.05) is 14.2 Å². The molecular weight excluding hydrogens is 592 g/mol. The number of hydrogen-bond acceptors (Lipinski definition) is 13. The zero-order valence-electron chi connectivity index (χ0n) is 24.1. The number of phenols is 3. The molecule has 0 radical (unpaired) electrons. The number of carbonyl (C=O) groups excluding carboxylic acids is 4. The maximum absolute atomic E-state index is 14.3. The molecule has 0 aliphatic heterocycles. The molecule has 6 rings (SSSR count). The minimum absolute atomic E-state index is 0.147. The van der Waals surface area contributed by atoms with Crippen LogP contribution in [-0.4, -0.2) is 97.0 Å². The van der Waals surface area contributed by atoms with Crippen LogP contribution in [0.4, 0.5) is 0 Å². The molecule has 0 bridgehead atoms. The predicted molar refractivity (Wildman–Crippen MR) is 152 cm³/mol. The number of methoxy groups -OCH3 is 2. The highest BCUT2D eigenvalue weighted by Crippen LogP contribution is 2.53. The number of ether oxygens (including phenoxy) is 2. The van der Waals surface area contributed by atoms with Crippen molar-refractivity contribution in [1.29, 1.82) is 0 Å². The van der Waals surface area contributed by atoms with Crippen molar-refractivity contribution in [3.8, 4) is 39.9 Å². The van der Waals surface area contributed by atoms with Gasteiger partial charge in [0.2, 0.25) is 0 Å². The van der Waals surface area contributed by atoms with Crippen LogP contribution in [0.1, 0.15) is 65.0 Å². The standard InChI is InChI=1S/C32H26O13/c1-9-5-10-11(6-12(9)33)25(36)17-13(34)7-15(44-3)19(21(17)26(10)37)20-16(45-4)8-14(35)18-22(20)28(39)24-23(27(18)38)29(40)31(42)32(2,43)30(24)41/h5-8,29-31,33-35,40-43H,1-4H3/t29-,30-,31+,32-/m0/s1. The van der Waals surface area contributed by atoms with E-state index in [0.29, 0.717) is 0 Å². The molecule has 0 heterocycles. The Labute approximate surface area is 253 Å². The number of aromatic hydroxyl groups is 3. The summed E-state index contributed by atoms with van der Waals surface area (Å²) in [5.41, 5.74) is -7.04. The second-order valence-corrected chi connectivity index (χ2v) is 11.3. The van der Waals surface area contributed by atoms with Crippen molar-refractivity contribution >= 4 is 23.1 Å². The maximum Gasteiger partial charge on any atom is 0.198 e. The molecule has 0 amide bonds. The van der Waals surface area contributed by atoms with Crippen molar-refractivity contribution in [3.63, 3.8) is 0 Å². The van der Waals surface area contributed by atoms with Crippen LogP contribution < -0.4 is 9.47 Å². The first-order valence-corrected chi connectivity index (χ1v) is 13.5. The van der Waals surface area contributed by atoms with Gasteiger partial charge in [-0.1, -0.05) is 0 Å². The smallest absolute Gasteiger partial charge is 0.198 e. The van der Waals surface area contributed by atoms with Gasteiger partial charge in [-0.2, -0.15) is 0 Å². The largest absolute Gasteiger partial charge is 0.508 e. The number of fused-ring (bicyclic) bond motifs is 3. The first kappa shape index (κ1) is 30.0. The summed E-state index contributed by atoms with van der Waals surface area (Å²) < 4.78 is 11.0. The molecule has 0 unspecified atom stereocenters. The minimum Gasteiger partial charge on any atom is -0.508 e. The van der Waals surface area contributed by atoms with Crippen LogP contribution >= 0.6 is 0 Å². The Morgan fingerprint density at radius 3 is 1.60 bits per heavy atom. The molecule has 3 aliphatic carbocycles. The predicted octanol–water partition coefficient (Wildman–Crippen LogP) is 1.09. The quantitative estimate of drug-likeness (QED) is 0.171. The summed E-state index contributed by atoms with van der Waals surface area (Å²) in [6.07, 6.45) is -6.43. The number of ketones is 4. The van der Waals surface area contributed by atoms with Gasteiger partial charge in [0.25, 0.3) is 0 Å². The molecule has 13 nitrogen and oxygen atoms in total. The third-order valence-electron chi connectivity index (χ3n) is 8.76. The summed E-state index contributed by atoms with van der Waals surface area (Å²) in [5, 5.41) is 75.3. The van der Waals surface area contributed by atoms with E-state index < -0.39 is 91.9 Å². The number of aryl methyl sites for hydroxylation is 1. The third kappa shape index (κ3) is 3.75. The van der Waals surface area contributed by atoms with Crippen LogP contribution in [0, 0.1) is 6.92 Å². The van der Waals surface area contributed by atoms with Crippen molar-refractivity contribution in [1.82, 2.24) is 0 Å². The number of aliphatic hydroxyl groups is 4. The van der Waals surface area contributed by atoms with Gasteiger partial charge in [-0.15, -0.1) is 0 Å². The molecular formula is C32H26O13. The van der Waals surface area contributed by atoms with Crippen LogP contribution in [0.2, 0.25) is 0 Å². The van der Waals surface area contributed by atoms with E-state index in [1.165, 1.54) is 20.1 Å². The highest BCUT2D eigenvalue weighted by atomic mass is 16.5. The summed E-state index contributed by atoms with van der Waals surface area (Å²) in [6.45, 7) is 2.45. The lowest BCUT2D eigenvalue weighted by atomic mass is 9.67. The summed E-state index contributed by atoms with van der Waals surface area (Å²) in [5.74, 6) is -6.34. The summed E-state index contributed by atoms with van der Waals surface area (Å²) in [6, 6.07) is 4.31. The highest BCUT2D eigenvalue weighted by molar-refractivity contribution is 6.35. The van der Waals surface area contributed by atoms with Gasteiger partial charge in [-0.05, 0) is 31.5 Å². The van der Waals surface area contributed by atoms with Crippen molar-refractivity contribution < 1.29 is 64.4 Å². The van der Waals surface area contributed by atoms with Gasteiger partial charge in [-0.25, -0.2) is 0 Å². The molecule has 0 saturated heterocycles. The van der Waals surface area contributed by atoms with E-state index >= 15 is 0 Å². The van der Waals surface area contributed by atoms with E-state index in [9.17, 15) is 54.9 Å². The van der Waals surface area contributed by atoms with E-state index in [1.54, 1.807) is 0 Å². The van der Waals surface area contributed by atoms with Crippen LogP contribution in [0.3, 0.4) is 0 Å². The molecule has 3 aromatic rings. The van der Waals surface area contributed by atoms with Gasteiger partial charge in [0.15, 0.2) is 23.1 Å². The molecule has 4 atom stereocenters. The number of hydrogen-bond donors (Lipinski definition) is 7. The van der Waals surface area contributed by atoms with Gasteiger partial charge in [0, 0.05) is 56.7 Å².